The molecule has 0 unspecified atom stereocenters. The highest BCUT2D eigenvalue weighted by Gasteiger charge is 2.11. The molecule has 0 amide bonds. The van der Waals surface area contributed by atoms with Crippen LogP contribution in [0, 0.1) is 0 Å². The predicted octanol–water partition coefficient (Wildman–Crippen LogP) is 1.81. The smallest absolute Gasteiger partial charge is 0.283 e. The summed E-state index contributed by atoms with van der Waals surface area (Å²) in [6.45, 7) is 7.14. The molecule has 0 aliphatic heterocycles. The van der Waals surface area contributed by atoms with Crippen LogP contribution < -0.4 is 10.9 Å². The number of nitrogens with one attached hydrogen (secondary N) is 1. The van der Waals surface area contributed by atoms with E-state index in [-0.39, 0.29) is 11.6 Å². The van der Waals surface area contributed by atoms with E-state index in [4.69, 9.17) is 0 Å². The second kappa shape index (κ2) is 6.17. The molecule has 2 aromatic heterocycles. The van der Waals surface area contributed by atoms with Gasteiger partial charge in [0.25, 0.3) is 5.56 Å². The van der Waals surface area contributed by atoms with Crippen LogP contribution in [0.3, 0.4) is 0 Å². The van der Waals surface area contributed by atoms with Gasteiger partial charge in [0, 0.05) is 6.54 Å². The monoisotopic (exact) mass is 340 g/mol. The Hall–Kier alpha value is -1.70. The second-order valence-electron chi connectivity index (χ2n) is 4.60. The van der Waals surface area contributed by atoms with Crippen LogP contribution in [0.25, 0.3) is 0 Å². The molecule has 7 nitrogen and oxygen atoms in total. The molecular weight excluding hydrogens is 324 g/mol. The van der Waals surface area contributed by atoms with Crippen molar-refractivity contribution in [1.82, 2.24) is 24.5 Å². The van der Waals surface area contributed by atoms with Crippen LogP contribution >= 0.6 is 15.9 Å². The van der Waals surface area contributed by atoms with Gasteiger partial charge in [-0.25, -0.2) is 4.68 Å². The van der Waals surface area contributed by atoms with Crippen LogP contribution in [0.2, 0.25) is 0 Å². The van der Waals surface area contributed by atoms with E-state index in [0.717, 1.165) is 12.4 Å². The van der Waals surface area contributed by atoms with Gasteiger partial charge in [-0.3, -0.25) is 4.79 Å². The summed E-state index contributed by atoms with van der Waals surface area (Å²) in [5.41, 5.74) is 0.500. The first kappa shape index (κ1) is 14.7. The van der Waals surface area contributed by atoms with Crippen LogP contribution in [-0.4, -0.2) is 24.5 Å². The summed E-state index contributed by atoms with van der Waals surface area (Å²) in [5, 5.41) is 15.2. The van der Waals surface area contributed by atoms with Crippen molar-refractivity contribution in [1.29, 1.82) is 0 Å². The summed E-state index contributed by atoms with van der Waals surface area (Å²) >= 11 is 3.32. The molecule has 0 saturated carbocycles. The van der Waals surface area contributed by atoms with E-state index in [2.05, 4.69) is 36.5 Å². The topological polar surface area (TPSA) is 77.6 Å². The fraction of sp³-hybridized carbons (Fsp3) is 0.500. The van der Waals surface area contributed by atoms with E-state index in [1.807, 2.05) is 25.3 Å². The lowest BCUT2D eigenvalue weighted by Crippen LogP contribution is -2.26. The maximum absolute atomic E-state index is 12.1. The molecular formula is C12H17BrN6O. The van der Waals surface area contributed by atoms with Gasteiger partial charge in [0.05, 0.1) is 24.5 Å². The zero-order chi connectivity index (χ0) is 14.7. The third-order valence-corrected chi connectivity index (χ3v) is 3.67. The highest BCUT2D eigenvalue weighted by Crippen LogP contribution is 2.17. The number of hydrogen-bond acceptors (Lipinski definition) is 5. The van der Waals surface area contributed by atoms with Gasteiger partial charge < -0.3 is 9.88 Å². The van der Waals surface area contributed by atoms with Crippen LogP contribution in [-0.2, 0) is 13.1 Å². The number of hydrogen-bond donors (Lipinski definition) is 1. The molecule has 0 atom stereocenters. The summed E-state index contributed by atoms with van der Waals surface area (Å²) in [6, 6.07) is 0.0241. The summed E-state index contributed by atoms with van der Waals surface area (Å²) in [4.78, 5) is 12.1. The highest BCUT2D eigenvalue weighted by molar-refractivity contribution is 9.10. The van der Waals surface area contributed by atoms with Crippen LogP contribution in [0.15, 0.2) is 21.8 Å². The highest BCUT2D eigenvalue weighted by atomic mass is 79.9. The average molecular weight is 341 g/mol. The number of aromatic nitrogens is 5. The van der Waals surface area contributed by atoms with Crippen LogP contribution in [0.1, 0.15) is 32.6 Å². The first-order chi connectivity index (χ1) is 9.54. The van der Waals surface area contributed by atoms with Crippen molar-refractivity contribution in [2.24, 2.45) is 0 Å². The minimum atomic E-state index is -0.151. The zero-order valence-electron chi connectivity index (χ0n) is 11.7. The molecule has 0 radical (unpaired) electrons. The molecule has 0 spiro atoms. The Morgan fingerprint density at radius 1 is 1.45 bits per heavy atom. The molecule has 0 bridgehead atoms. The van der Waals surface area contributed by atoms with Gasteiger partial charge in [-0.05, 0) is 36.7 Å². The number of anilines is 1. The Morgan fingerprint density at radius 3 is 2.85 bits per heavy atom. The second-order valence-corrected chi connectivity index (χ2v) is 5.40. The third-order valence-electron chi connectivity index (χ3n) is 2.91. The molecule has 0 saturated heterocycles. The van der Waals surface area contributed by atoms with Gasteiger partial charge in [-0.1, -0.05) is 0 Å². The minimum absolute atomic E-state index is 0.0241. The molecule has 20 heavy (non-hydrogen) atoms. The predicted molar refractivity (Wildman–Crippen MR) is 79.6 cm³/mol. The Balaban J connectivity index is 2.19. The summed E-state index contributed by atoms with van der Waals surface area (Å²) in [7, 11) is 0. The zero-order valence-corrected chi connectivity index (χ0v) is 13.3. The lowest BCUT2D eigenvalue weighted by atomic mass is 10.4. The van der Waals surface area contributed by atoms with E-state index >= 15 is 0 Å². The molecule has 0 fully saturated rings. The maximum Gasteiger partial charge on any atom is 0.283 e. The third kappa shape index (κ3) is 2.90. The molecule has 2 rings (SSSR count). The van der Waals surface area contributed by atoms with Gasteiger partial charge in [-0.2, -0.15) is 5.10 Å². The van der Waals surface area contributed by atoms with Gasteiger partial charge in [0.1, 0.15) is 10.8 Å². The van der Waals surface area contributed by atoms with Gasteiger partial charge in [0.2, 0.25) is 0 Å². The van der Waals surface area contributed by atoms with Crippen molar-refractivity contribution in [3.05, 3.63) is 33.2 Å². The van der Waals surface area contributed by atoms with E-state index in [1.165, 1.54) is 4.68 Å². The normalized spacial score (nSPS) is 11.1. The quantitative estimate of drug-likeness (QED) is 0.897. The molecule has 2 heterocycles. The molecule has 8 heteroatoms. The van der Waals surface area contributed by atoms with Crippen LogP contribution in [0.4, 0.5) is 5.69 Å². The SMILES string of the molecule is CCn1cnnc1CNc1cnn(C(C)C)c(=O)c1Br. The van der Waals surface area contributed by atoms with Crippen molar-refractivity contribution in [3.63, 3.8) is 0 Å². The number of nitrogens with zero attached hydrogens (tertiary/aromatic N) is 5. The summed E-state index contributed by atoms with van der Waals surface area (Å²) < 4.78 is 3.84. The number of rotatable bonds is 5. The summed E-state index contributed by atoms with van der Waals surface area (Å²) in [5.74, 6) is 0.812. The van der Waals surface area contributed by atoms with E-state index < -0.39 is 0 Å². The fourth-order valence-electron chi connectivity index (χ4n) is 1.79. The fourth-order valence-corrected chi connectivity index (χ4v) is 2.21. The number of halogens is 1. The van der Waals surface area contributed by atoms with Crippen LogP contribution in [0.5, 0.6) is 0 Å². The van der Waals surface area contributed by atoms with Crippen molar-refractivity contribution < 1.29 is 0 Å². The average Bonchev–Trinajstić information content (AvgIpc) is 2.87. The van der Waals surface area contributed by atoms with E-state index in [0.29, 0.717) is 16.7 Å². The molecule has 0 aliphatic rings. The molecule has 1 N–H and O–H groups in total. The minimum Gasteiger partial charge on any atom is -0.375 e. The molecule has 2 aromatic rings. The van der Waals surface area contributed by atoms with Gasteiger partial charge >= 0.3 is 0 Å². The Bertz CT molecular complexity index is 648. The Labute approximate surface area is 125 Å². The van der Waals surface area contributed by atoms with E-state index in [9.17, 15) is 4.79 Å². The van der Waals surface area contributed by atoms with Crippen molar-refractivity contribution >= 4 is 21.6 Å². The number of aryl methyl sites for hydroxylation is 1. The van der Waals surface area contributed by atoms with Gasteiger partial charge in [0.15, 0.2) is 5.82 Å². The summed E-state index contributed by atoms with van der Waals surface area (Å²) in [6.07, 6.45) is 3.32. The maximum atomic E-state index is 12.1. The Morgan fingerprint density at radius 2 is 2.20 bits per heavy atom. The van der Waals surface area contributed by atoms with E-state index in [1.54, 1.807) is 12.5 Å². The lowest BCUT2D eigenvalue weighted by molar-refractivity contribution is 0.501. The van der Waals surface area contributed by atoms with Crippen molar-refractivity contribution in [3.8, 4) is 0 Å². The lowest BCUT2D eigenvalue weighted by Gasteiger charge is -2.12. The molecule has 0 aromatic carbocycles. The molecule has 108 valence electrons. The first-order valence-corrected chi connectivity index (χ1v) is 7.21. The van der Waals surface area contributed by atoms with Crippen molar-refractivity contribution in [2.75, 3.05) is 5.32 Å². The van der Waals surface area contributed by atoms with Crippen molar-refractivity contribution in [2.45, 2.75) is 39.9 Å². The molecule has 0 aliphatic carbocycles. The largest absolute Gasteiger partial charge is 0.375 e. The first-order valence-electron chi connectivity index (χ1n) is 6.42. The van der Waals surface area contributed by atoms with Gasteiger partial charge in [-0.15, -0.1) is 10.2 Å². The Kier molecular flexibility index (Phi) is 4.53. The standard InChI is InChI=1S/C12H17BrN6O/c1-4-18-7-15-17-10(18)6-14-9-5-16-19(8(2)3)12(20)11(9)13/h5,7-8,14H,4,6H2,1-3H3.